The molecule has 1 saturated carbocycles. The molecule has 0 aromatic carbocycles. The second-order valence-corrected chi connectivity index (χ2v) is 4.88. The molecule has 1 fully saturated rings. The number of rotatable bonds is 7. The van der Waals surface area contributed by atoms with Crippen molar-refractivity contribution in [1.29, 1.82) is 0 Å². The number of carbonyl (C=O) groups is 1. The molecule has 1 heterocycles. The minimum absolute atomic E-state index is 0.185. The lowest BCUT2D eigenvalue weighted by Crippen LogP contribution is -2.41. The zero-order valence-corrected chi connectivity index (χ0v) is 11.0. The highest BCUT2D eigenvalue weighted by Crippen LogP contribution is 2.27. The van der Waals surface area contributed by atoms with Crippen molar-refractivity contribution >= 4 is 5.91 Å². The van der Waals surface area contributed by atoms with E-state index >= 15 is 0 Å². The van der Waals surface area contributed by atoms with E-state index in [-0.39, 0.29) is 12.4 Å². The molecule has 4 N–H and O–H groups in total. The van der Waals surface area contributed by atoms with E-state index in [1.807, 2.05) is 0 Å². The van der Waals surface area contributed by atoms with Gasteiger partial charge in [0.15, 0.2) is 5.76 Å². The van der Waals surface area contributed by atoms with Gasteiger partial charge in [0.05, 0.1) is 6.26 Å². The Balaban J connectivity index is 2.03. The fourth-order valence-electron chi connectivity index (χ4n) is 2.36. The number of aliphatic hydroxyl groups is 1. The van der Waals surface area contributed by atoms with Crippen molar-refractivity contribution in [2.75, 3.05) is 13.2 Å². The maximum Gasteiger partial charge on any atom is 0.301 e. The predicted molar refractivity (Wildman–Crippen MR) is 70.1 cm³/mol. The monoisotopic (exact) mass is 267 g/mol. The number of nitrogens with zero attached hydrogens (tertiary/aromatic N) is 1. The van der Waals surface area contributed by atoms with Gasteiger partial charge in [-0.1, -0.05) is 6.42 Å². The molecule has 106 valence electrons. The maximum atomic E-state index is 11.6. The van der Waals surface area contributed by atoms with Crippen molar-refractivity contribution in [2.24, 2.45) is 5.84 Å². The van der Waals surface area contributed by atoms with Crippen molar-refractivity contribution in [3.05, 3.63) is 23.7 Å². The van der Waals surface area contributed by atoms with Crippen molar-refractivity contribution in [3.8, 4) is 0 Å². The maximum absolute atomic E-state index is 11.6. The van der Waals surface area contributed by atoms with Crippen LogP contribution in [0.4, 0.5) is 0 Å². The van der Waals surface area contributed by atoms with Gasteiger partial charge >= 0.3 is 5.91 Å². The number of aliphatic hydroxyl groups excluding tert-OH is 1. The van der Waals surface area contributed by atoms with Gasteiger partial charge in [-0.15, -0.1) is 0 Å². The third kappa shape index (κ3) is 3.34. The number of hydrogen-bond donors (Lipinski definition) is 3. The van der Waals surface area contributed by atoms with Crippen LogP contribution in [0, 0.1) is 0 Å². The van der Waals surface area contributed by atoms with Crippen LogP contribution in [0.15, 0.2) is 16.7 Å². The molecule has 1 aliphatic rings. The number of amides is 1. The smallest absolute Gasteiger partial charge is 0.301 e. The molecule has 0 bridgehead atoms. The van der Waals surface area contributed by atoms with E-state index in [4.69, 9.17) is 15.4 Å². The Morgan fingerprint density at radius 1 is 1.58 bits per heavy atom. The average molecular weight is 267 g/mol. The van der Waals surface area contributed by atoms with Crippen LogP contribution in [-0.2, 0) is 6.54 Å². The molecule has 6 heteroatoms. The van der Waals surface area contributed by atoms with Crippen LogP contribution in [0.2, 0.25) is 0 Å². The van der Waals surface area contributed by atoms with E-state index in [9.17, 15) is 4.79 Å². The number of hydrazine groups is 1. The molecule has 1 aromatic heterocycles. The Kier molecular flexibility index (Phi) is 4.95. The van der Waals surface area contributed by atoms with Crippen LogP contribution >= 0.6 is 0 Å². The standard InChI is InChI=1S/C13H21N3O3/c14-15-13(18)12-10(5-8-19-12)9-16(6-2-7-17)11-3-1-4-11/h5,8,11,17H,1-4,6-7,9,14H2,(H,15,18). The van der Waals surface area contributed by atoms with Crippen molar-refractivity contribution in [3.63, 3.8) is 0 Å². The van der Waals surface area contributed by atoms with Crippen molar-refractivity contribution < 1.29 is 14.3 Å². The molecule has 6 nitrogen and oxygen atoms in total. The lowest BCUT2D eigenvalue weighted by Gasteiger charge is -2.37. The lowest BCUT2D eigenvalue weighted by atomic mass is 9.91. The highest BCUT2D eigenvalue weighted by Gasteiger charge is 2.26. The van der Waals surface area contributed by atoms with Crippen LogP contribution in [0.25, 0.3) is 0 Å². The van der Waals surface area contributed by atoms with Crippen LogP contribution in [0.1, 0.15) is 41.8 Å². The second kappa shape index (κ2) is 6.70. The second-order valence-electron chi connectivity index (χ2n) is 4.88. The molecule has 0 radical (unpaired) electrons. The summed E-state index contributed by atoms with van der Waals surface area (Å²) in [6.07, 6.45) is 5.86. The van der Waals surface area contributed by atoms with Gasteiger partial charge in [-0.2, -0.15) is 0 Å². The third-order valence-corrected chi connectivity index (χ3v) is 3.65. The summed E-state index contributed by atoms with van der Waals surface area (Å²) < 4.78 is 5.19. The highest BCUT2D eigenvalue weighted by atomic mass is 16.3. The molecule has 1 aliphatic carbocycles. The number of carbonyl (C=O) groups excluding carboxylic acids is 1. The summed E-state index contributed by atoms with van der Waals surface area (Å²) >= 11 is 0. The van der Waals surface area contributed by atoms with Crippen molar-refractivity contribution in [1.82, 2.24) is 10.3 Å². The SMILES string of the molecule is NNC(=O)c1occc1CN(CCCO)C1CCC1. The van der Waals surface area contributed by atoms with E-state index in [1.165, 1.54) is 25.5 Å². The van der Waals surface area contributed by atoms with E-state index in [1.54, 1.807) is 6.07 Å². The molecular formula is C13H21N3O3. The Morgan fingerprint density at radius 2 is 2.37 bits per heavy atom. The highest BCUT2D eigenvalue weighted by molar-refractivity contribution is 5.92. The number of hydrogen-bond acceptors (Lipinski definition) is 5. The van der Waals surface area contributed by atoms with Gasteiger partial charge in [-0.25, -0.2) is 5.84 Å². The van der Waals surface area contributed by atoms with Crippen LogP contribution in [0.5, 0.6) is 0 Å². The fraction of sp³-hybridized carbons (Fsp3) is 0.615. The van der Waals surface area contributed by atoms with Crippen LogP contribution < -0.4 is 11.3 Å². The molecule has 1 aromatic rings. The van der Waals surface area contributed by atoms with Crippen LogP contribution in [-0.4, -0.2) is 35.1 Å². The molecule has 19 heavy (non-hydrogen) atoms. The van der Waals surface area contributed by atoms with E-state index < -0.39 is 5.91 Å². The Morgan fingerprint density at radius 3 is 2.95 bits per heavy atom. The minimum Gasteiger partial charge on any atom is -0.459 e. The molecule has 0 aliphatic heterocycles. The van der Waals surface area contributed by atoms with Gasteiger partial charge in [0, 0.05) is 31.3 Å². The topological polar surface area (TPSA) is 91.7 Å². The lowest BCUT2D eigenvalue weighted by molar-refractivity contribution is 0.0910. The van der Waals surface area contributed by atoms with Gasteiger partial charge in [0.25, 0.3) is 0 Å². The van der Waals surface area contributed by atoms with Crippen molar-refractivity contribution in [2.45, 2.75) is 38.3 Å². The summed E-state index contributed by atoms with van der Waals surface area (Å²) in [6.45, 7) is 1.67. The quantitative estimate of drug-likeness (QED) is 0.383. The van der Waals surface area contributed by atoms with E-state index in [0.29, 0.717) is 12.6 Å². The number of furan rings is 1. The van der Waals surface area contributed by atoms with Gasteiger partial charge in [-0.05, 0) is 25.3 Å². The number of nitrogen functional groups attached to an aromatic ring is 1. The molecule has 2 rings (SSSR count). The van der Waals surface area contributed by atoms with Crippen LogP contribution in [0.3, 0.4) is 0 Å². The normalized spacial score (nSPS) is 15.5. The van der Waals surface area contributed by atoms with Gasteiger partial charge in [0.2, 0.25) is 0 Å². The average Bonchev–Trinajstić information content (AvgIpc) is 2.81. The largest absolute Gasteiger partial charge is 0.459 e. The fourth-order valence-corrected chi connectivity index (χ4v) is 2.36. The van der Waals surface area contributed by atoms with E-state index in [0.717, 1.165) is 18.5 Å². The van der Waals surface area contributed by atoms with Gasteiger partial charge in [0.1, 0.15) is 0 Å². The van der Waals surface area contributed by atoms with Gasteiger partial charge < -0.3 is 9.52 Å². The van der Waals surface area contributed by atoms with Gasteiger partial charge in [-0.3, -0.25) is 15.1 Å². The Hall–Kier alpha value is -1.37. The predicted octanol–water partition coefficient (Wildman–Crippen LogP) is 0.620. The minimum atomic E-state index is -0.407. The molecular weight excluding hydrogens is 246 g/mol. The molecule has 0 unspecified atom stereocenters. The molecule has 0 atom stereocenters. The zero-order valence-electron chi connectivity index (χ0n) is 11.0. The summed E-state index contributed by atoms with van der Waals surface area (Å²) in [5, 5.41) is 8.97. The molecule has 1 amide bonds. The first kappa shape index (κ1) is 14.0. The summed E-state index contributed by atoms with van der Waals surface area (Å²) in [5.41, 5.74) is 2.93. The zero-order chi connectivity index (χ0) is 13.7. The summed E-state index contributed by atoms with van der Waals surface area (Å²) in [5.74, 6) is 5.00. The summed E-state index contributed by atoms with van der Waals surface area (Å²) in [6, 6.07) is 2.35. The third-order valence-electron chi connectivity index (χ3n) is 3.65. The summed E-state index contributed by atoms with van der Waals surface area (Å²) in [4.78, 5) is 13.9. The number of nitrogens with two attached hydrogens (primary N) is 1. The Labute approximate surface area is 112 Å². The first-order chi connectivity index (χ1) is 9.26. The number of nitrogens with one attached hydrogen (secondary N) is 1. The van der Waals surface area contributed by atoms with E-state index in [2.05, 4.69) is 10.3 Å². The molecule has 0 spiro atoms. The first-order valence-corrected chi connectivity index (χ1v) is 6.68. The molecule has 0 saturated heterocycles. The Bertz CT molecular complexity index is 415. The summed E-state index contributed by atoms with van der Waals surface area (Å²) in [7, 11) is 0. The first-order valence-electron chi connectivity index (χ1n) is 6.68.